The molecule has 3 rings (SSSR count). The third kappa shape index (κ3) is 4.75. The minimum atomic E-state index is -0.667. The van der Waals surface area contributed by atoms with Gasteiger partial charge in [0.05, 0.1) is 24.3 Å². The van der Waals surface area contributed by atoms with Crippen LogP contribution in [0.2, 0.25) is 5.02 Å². The fourth-order valence-electron chi connectivity index (χ4n) is 2.60. The summed E-state index contributed by atoms with van der Waals surface area (Å²) in [4.78, 5) is 17.3. The molecule has 29 heavy (non-hydrogen) atoms. The van der Waals surface area contributed by atoms with Gasteiger partial charge in [-0.2, -0.15) is 0 Å². The average Bonchev–Trinajstić information content (AvgIpc) is 2.97. The van der Waals surface area contributed by atoms with Crippen molar-refractivity contribution < 1.29 is 24.5 Å². The van der Waals surface area contributed by atoms with E-state index in [9.17, 15) is 15.0 Å². The number of rotatable bonds is 5. The quantitative estimate of drug-likeness (QED) is 0.629. The van der Waals surface area contributed by atoms with Crippen LogP contribution in [0.3, 0.4) is 0 Å². The van der Waals surface area contributed by atoms with Gasteiger partial charge in [-0.15, -0.1) is 0 Å². The van der Waals surface area contributed by atoms with Crippen LogP contribution in [0.5, 0.6) is 11.5 Å². The van der Waals surface area contributed by atoms with E-state index in [2.05, 4.69) is 4.99 Å². The van der Waals surface area contributed by atoms with Gasteiger partial charge in [-0.3, -0.25) is 0 Å². The fraction of sp³-hybridized carbons (Fsp3) is 0.143. The molecule has 0 unspecified atom stereocenters. The van der Waals surface area contributed by atoms with Crippen molar-refractivity contribution in [2.75, 3.05) is 13.7 Å². The summed E-state index contributed by atoms with van der Waals surface area (Å²) in [6.45, 7) is 1.85. The van der Waals surface area contributed by atoms with Crippen LogP contribution in [-0.4, -0.2) is 34.9 Å². The predicted octanol–water partition coefficient (Wildman–Crippen LogP) is 5.25. The van der Waals surface area contributed by atoms with E-state index in [1.165, 1.54) is 13.2 Å². The molecule has 0 saturated heterocycles. The number of hydrogen-bond acceptors (Lipinski definition) is 7. The standard InChI is InChI=1S/C21H18ClNO5S/c1-3-28-21(26)18-19(25)17(10-12-7-8-16(27-2)15(24)9-12)29-20(18)23-14-6-4-5-13(22)11-14/h4-11,24-25H,3H2,1-2H3/b17-10-,23-20?. The number of ether oxygens (including phenoxy) is 2. The Morgan fingerprint density at radius 2 is 2.03 bits per heavy atom. The summed E-state index contributed by atoms with van der Waals surface area (Å²) in [6.07, 6.45) is 1.64. The molecule has 0 atom stereocenters. The first-order valence-corrected chi connectivity index (χ1v) is 9.84. The zero-order valence-electron chi connectivity index (χ0n) is 15.7. The molecule has 0 aromatic heterocycles. The minimum Gasteiger partial charge on any atom is -0.506 e. The number of aliphatic hydroxyl groups excluding tert-OH is 1. The van der Waals surface area contributed by atoms with Gasteiger partial charge in [-0.25, -0.2) is 9.79 Å². The zero-order valence-corrected chi connectivity index (χ0v) is 17.3. The summed E-state index contributed by atoms with van der Waals surface area (Å²) in [5, 5.41) is 21.4. The summed E-state index contributed by atoms with van der Waals surface area (Å²) in [7, 11) is 1.46. The van der Waals surface area contributed by atoms with Gasteiger partial charge in [0, 0.05) is 5.02 Å². The lowest BCUT2D eigenvalue weighted by Crippen LogP contribution is -2.12. The molecule has 0 spiro atoms. The van der Waals surface area contributed by atoms with Crippen LogP contribution < -0.4 is 4.74 Å². The van der Waals surface area contributed by atoms with E-state index < -0.39 is 5.97 Å². The Labute approximate surface area is 177 Å². The van der Waals surface area contributed by atoms with Crippen molar-refractivity contribution in [2.45, 2.75) is 6.92 Å². The third-order valence-corrected chi connectivity index (χ3v) is 5.16. The number of carbonyl (C=O) groups excluding carboxylic acids is 1. The van der Waals surface area contributed by atoms with Gasteiger partial charge in [0.15, 0.2) is 11.5 Å². The van der Waals surface area contributed by atoms with E-state index in [1.54, 1.807) is 49.4 Å². The van der Waals surface area contributed by atoms with Gasteiger partial charge in [-0.05, 0) is 48.9 Å². The Morgan fingerprint density at radius 1 is 1.24 bits per heavy atom. The predicted molar refractivity (Wildman–Crippen MR) is 115 cm³/mol. The van der Waals surface area contributed by atoms with Gasteiger partial charge >= 0.3 is 5.97 Å². The molecule has 2 N–H and O–H groups in total. The van der Waals surface area contributed by atoms with Gasteiger partial charge in [0.2, 0.25) is 0 Å². The molecule has 0 amide bonds. The first kappa shape index (κ1) is 20.8. The number of halogens is 1. The number of methoxy groups -OCH3 is 1. The number of nitrogens with zero attached hydrogens (tertiary/aromatic N) is 1. The number of esters is 1. The second-order valence-corrected chi connectivity index (χ2v) is 7.35. The van der Waals surface area contributed by atoms with Crippen molar-refractivity contribution in [3.05, 3.63) is 69.3 Å². The van der Waals surface area contributed by atoms with Crippen LogP contribution in [0.1, 0.15) is 12.5 Å². The van der Waals surface area contributed by atoms with Crippen molar-refractivity contribution in [3.63, 3.8) is 0 Å². The number of phenols is 1. The Balaban J connectivity index is 2.04. The Bertz CT molecular complexity index is 1050. The monoisotopic (exact) mass is 431 g/mol. The molecule has 0 saturated carbocycles. The van der Waals surface area contributed by atoms with E-state index in [-0.39, 0.29) is 23.7 Å². The smallest absolute Gasteiger partial charge is 0.344 e. The highest BCUT2D eigenvalue weighted by Gasteiger charge is 2.33. The van der Waals surface area contributed by atoms with Crippen molar-refractivity contribution in [2.24, 2.45) is 4.99 Å². The topological polar surface area (TPSA) is 88.4 Å². The molecule has 2 aromatic rings. The van der Waals surface area contributed by atoms with Crippen molar-refractivity contribution in [1.82, 2.24) is 0 Å². The first-order valence-electron chi connectivity index (χ1n) is 8.64. The number of thioether (sulfide) groups is 1. The highest BCUT2D eigenvalue weighted by Crippen LogP contribution is 2.41. The summed E-state index contributed by atoms with van der Waals surface area (Å²) < 4.78 is 10.1. The molecular formula is C21H18ClNO5S. The molecular weight excluding hydrogens is 414 g/mol. The average molecular weight is 432 g/mol. The zero-order chi connectivity index (χ0) is 21.0. The van der Waals surface area contributed by atoms with E-state index in [0.717, 1.165) is 11.8 Å². The lowest BCUT2D eigenvalue weighted by molar-refractivity contribution is -0.138. The lowest BCUT2D eigenvalue weighted by Gasteiger charge is -2.04. The van der Waals surface area contributed by atoms with Crippen LogP contribution >= 0.6 is 23.4 Å². The van der Waals surface area contributed by atoms with Gasteiger partial charge in [-0.1, -0.05) is 35.5 Å². The van der Waals surface area contributed by atoms with E-state index in [1.807, 2.05) is 0 Å². The van der Waals surface area contributed by atoms with Crippen LogP contribution in [-0.2, 0) is 9.53 Å². The van der Waals surface area contributed by atoms with Gasteiger partial charge < -0.3 is 19.7 Å². The molecule has 6 nitrogen and oxygen atoms in total. The van der Waals surface area contributed by atoms with Crippen LogP contribution in [0, 0.1) is 0 Å². The molecule has 0 bridgehead atoms. The Kier molecular flexibility index (Phi) is 6.51. The molecule has 150 valence electrons. The second-order valence-electron chi connectivity index (χ2n) is 5.88. The van der Waals surface area contributed by atoms with Crippen molar-refractivity contribution >= 4 is 46.1 Å². The maximum Gasteiger partial charge on any atom is 0.344 e. The maximum absolute atomic E-state index is 12.4. The molecule has 0 fully saturated rings. The van der Waals surface area contributed by atoms with Gasteiger partial charge in [0.25, 0.3) is 0 Å². The normalized spacial score (nSPS) is 16.5. The summed E-state index contributed by atoms with van der Waals surface area (Å²) in [6, 6.07) is 11.7. The van der Waals surface area contributed by atoms with Crippen LogP contribution in [0.25, 0.3) is 6.08 Å². The maximum atomic E-state index is 12.4. The molecule has 1 heterocycles. The van der Waals surface area contributed by atoms with E-state index in [0.29, 0.717) is 32.0 Å². The fourth-order valence-corrected chi connectivity index (χ4v) is 3.82. The minimum absolute atomic E-state index is 0.0131. The number of hydrogen-bond donors (Lipinski definition) is 2. The second kappa shape index (κ2) is 9.07. The number of benzene rings is 2. The number of aliphatic hydroxyl groups is 1. The molecule has 0 aliphatic carbocycles. The van der Waals surface area contributed by atoms with Crippen LogP contribution in [0.4, 0.5) is 5.69 Å². The highest BCUT2D eigenvalue weighted by molar-refractivity contribution is 8.18. The summed E-state index contributed by atoms with van der Waals surface area (Å²) in [5.74, 6) is -0.600. The Morgan fingerprint density at radius 3 is 2.69 bits per heavy atom. The van der Waals surface area contributed by atoms with Gasteiger partial charge in [0.1, 0.15) is 16.4 Å². The summed E-state index contributed by atoms with van der Waals surface area (Å²) in [5.41, 5.74) is 1.14. The molecule has 1 aliphatic rings. The molecule has 8 heteroatoms. The highest BCUT2D eigenvalue weighted by atomic mass is 35.5. The number of aromatic hydroxyl groups is 1. The van der Waals surface area contributed by atoms with Crippen LogP contribution in [0.15, 0.2) is 63.7 Å². The molecule has 1 aliphatic heterocycles. The number of aliphatic imine (C=N–C) groups is 1. The summed E-state index contributed by atoms with van der Waals surface area (Å²) >= 11 is 7.13. The number of carbonyl (C=O) groups is 1. The third-order valence-electron chi connectivity index (χ3n) is 3.91. The SMILES string of the molecule is CCOC(=O)C1=C(O)/C(=C/c2ccc(OC)c(O)c2)SC1=Nc1cccc(Cl)c1. The van der Waals surface area contributed by atoms with E-state index >= 15 is 0 Å². The number of phenolic OH excluding ortho intramolecular Hbond substituents is 1. The van der Waals surface area contributed by atoms with E-state index in [4.69, 9.17) is 21.1 Å². The lowest BCUT2D eigenvalue weighted by atomic mass is 10.1. The van der Waals surface area contributed by atoms with Crippen molar-refractivity contribution in [3.8, 4) is 11.5 Å². The Hall–Kier alpha value is -2.90. The molecule has 2 aromatic carbocycles. The van der Waals surface area contributed by atoms with Crippen molar-refractivity contribution in [1.29, 1.82) is 0 Å². The molecule has 0 radical (unpaired) electrons. The largest absolute Gasteiger partial charge is 0.506 e. The first-order chi connectivity index (χ1) is 13.9.